The number of nitrogens with one attached hydrogen (secondary N) is 1. The molecule has 1 aromatic rings. The zero-order chi connectivity index (χ0) is 16.5. The maximum absolute atomic E-state index is 12.0. The summed E-state index contributed by atoms with van der Waals surface area (Å²) in [4.78, 5) is 12.0. The molecule has 5 heteroatoms. The quantitative estimate of drug-likeness (QED) is 0.721. The van der Waals surface area contributed by atoms with Crippen molar-refractivity contribution >= 4 is 6.09 Å². The van der Waals surface area contributed by atoms with Crippen LogP contribution >= 0.6 is 0 Å². The monoisotopic (exact) mass is 321 g/mol. The van der Waals surface area contributed by atoms with Crippen molar-refractivity contribution in [3.8, 4) is 0 Å². The molecule has 2 atom stereocenters. The van der Waals surface area contributed by atoms with E-state index in [0.29, 0.717) is 12.3 Å². The second kappa shape index (κ2) is 9.53. The summed E-state index contributed by atoms with van der Waals surface area (Å²) in [6.07, 6.45) is 5.07. The van der Waals surface area contributed by atoms with Gasteiger partial charge in [0.2, 0.25) is 0 Å². The Morgan fingerprint density at radius 1 is 1.22 bits per heavy atom. The average Bonchev–Trinajstić information content (AvgIpc) is 2.60. The minimum Gasteiger partial charge on any atom is -0.445 e. The number of hydrogen-bond acceptors (Lipinski definition) is 4. The number of amides is 1. The van der Waals surface area contributed by atoms with Crippen LogP contribution in [0.25, 0.3) is 0 Å². The van der Waals surface area contributed by atoms with Gasteiger partial charge in [-0.3, -0.25) is 0 Å². The van der Waals surface area contributed by atoms with Gasteiger partial charge in [0.25, 0.3) is 0 Å². The summed E-state index contributed by atoms with van der Waals surface area (Å²) in [6.45, 7) is -0.172. The Morgan fingerprint density at radius 3 is 2.57 bits per heavy atom. The van der Waals surface area contributed by atoms with Crippen LogP contribution in [0.5, 0.6) is 0 Å². The van der Waals surface area contributed by atoms with Crippen LogP contribution in [-0.4, -0.2) is 35.1 Å². The van der Waals surface area contributed by atoms with E-state index in [1.165, 1.54) is 19.3 Å². The lowest BCUT2D eigenvalue weighted by atomic mass is 9.84. The van der Waals surface area contributed by atoms with Gasteiger partial charge < -0.3 is 20.3 Å². The van der Waals surface area contributed by atoms with Gasteiger partial charge in [-0.15, -0.1) is 0 Å². The first kappa shape index (κ1) is 17.8. The fourth-order valence-corrected chi connectivity index (χ4v) is 3.14. The summed E-state index contributed by atoms with van der Waals surface area (Å²) in [6, 6.07) is 8.98. The van der Waals surface area contributed by atoms with Gasteiger partial charge in [0.05, 0.1) is 18.8 Å². The molecule has 0 aromatic heterocycles. The second-order valence-electron chi connectivity index (χ2n) is 6.30. The standard InChI is InChI=1S/C18H27NO4/c20-12-17(21)16(11-14-7-3-1-4-8-14)19-18(22)23-13-15-9-5-2-6-10-15/h2,5-6,9-10,14,16-17,20-21H,1,3-4,7-8,11-13H2,(H,19,22)/t16-,17-/m0/s1. The third-order valence-electron chi connectivity index (χ3n) is 4.48. The van der Waals surface area contributed by atoms with Crippen LogP contribution in [0.2, 0.25) is 0 Å². The first-order chi connectivity index (χ1) is 11.2. The molecule has 1 aliphatic carbocycles. The Kier molecular flexibility index (Phi) is 7.36. The van der Waals surface area contributed by atoms with Crippen LogP contribution in [0.3, 0.4) is 0 Å². The van der Waals surface area contributed by atoms with Crippen molar-refractivity contribution < 1.29 is 19.7 Å². The summed E-state index contributed by atoms with van der Waals surface area (Å²) >= 11 is 0. The smallest absolute Gasteiger partial charge is 0.407 e. The minimum atomic E-state index is -0.957. The minimum absolute atomic E-state index is 0.193. The van der Waals surface area contributed by atoms with Crippen molar-refractivity contribution in [1.82, 2.24) is 5.32 Å². The Morgan fingerprint density at radius 2 is 1.91 bits per heavy atom. The lowest BCUT2D eigenvalue weighted by Gasteiger charge is -2.29. The van der Waals surface area contributed by atoms with Gasteiger partial charge in [-0.1, -0.05) is 62.4 Å². The number of aliphatic hydroxyl groups excluding tert-OH is 2. The van der Waals surface area contributed by atoms with E-state index >= 15 is 0 Å². The normalized spacial score (nSPS) is 18.2. The number of hydrogen-bond donors (Lipinski definition) is 3. The zero-order valence-electron chi connectivity index (χ0n) is 13.5. The molecule has 0 aliphatic heterocycles. The van der Waals surface area contributed by atoms with Crippen molar-refractivity contribution in [3.63, 3.8) is 0 Å². The van der Waals surface area contributed by atoms with E-state index in [9.17, 15) is 15.0 Å². The molecule has 2 rings (SSSR count). The van der Waals surface area contributed by atoms with Gasteiger partial charge >= 0.3 is 6.09 Å². The highest BCUT2D eigenvalue weighted by Gasteiger charge is 2.26. The highest BCUT2D eigenvalue weighted by Crippen LogP contribution is 2.28. The molecule has 1 fully saturated rings. The van der Waals surface area contributed by atoms with Gasteiger partial charge in [-0.2, -0.15) is 0 Å². The van der Waals surface area contributed by atoms with Crippen LogP contribution in [0, 0.1) is 5.92 Å². The van der Waals surface area contributed by atoms with Crippen LogP contribution < -0.4 is 5.32 Å². The number of carbonyl (C=O) groups excluding carboxylic acids is 1. The highest BCUT2D eigenvalue weighted by molar-refractivity contribution is 5.67. The van der Waals surface area contributed by atoms with Crippen molar-refractivity contribution in [2.45, 2.75) is 57.3 Å². The van der Waals surface area contributed by atoms with Crippen LogP contribution in [0.1, 0.15) is 44.1 Å². The molecule has 1 aliphatic rings. The van der Waals surface area contributed by atoms with Crippen molar-refractivity contribution in [1.29, 1.82) is 0 Å². The molecule has 0 unspecified atom stereocenters. The summed E-state index contributed by atoms with van der Waals surface area (Å²) in [5, 5.41) is 21.9. The molecule has 3 N–H and O–H groups in total. The summed E-state index contributed by atoms with van der Waals surface area (Å²) in [5.74, 6) is 0.490. The number of alkyl carbamates (subject to hydrolysis) is 1. The Labute approximate surface area is 137 Å². The maximum Gasteiger partial charge on any atom is 0.407 e. The topological polar surface area (TPSA) is 78.8 Å². The van der Waals surface area contributed by atoms with E-state index in [1.54, 1.807) is 0 Å². The number of benzene rings is 1. The van der Waals surface area contributed by atoms with Gasteiger partial charge in [0.15, 0.2) is 0 Å². The van der Waals surface area contributed by atoms with E-state index in [2.05, 4.69) is 5.32 Å². The second-order valence-corrected chi connectivity index (χ2v) is 6.30. The summed E-state index contributed by atoms with van der Waals surface area (Å²) < 4.78 is 5.20. The zero-order valence-corrected chi connectivity index (χ0v) is 13.5. The van der Waals surface area contributed by atoms with Crippen molar-refractivity contribution in [2.75, 3.05) is 6.61 Å². The van der Waals surface area contributed by atoms with Crippen LogP contribution in [0.15, 0.2) is 30.3 Å². The molecular weight excluding hydrogens is 294 g/mol. The number of aliphatic hydroxyl groups is 2. The first-order valence-corrected chi connectivity index (χ1v) is 8.45. The average molecular weight is 321 g/mol. The van der Waals surface area contributed by atoms with Gasteiger partial charge in [-0.25, -0.2) is 4.79 Å². The predicted molar refractivity (Wildman–Crippen MR) is 87.8 cm³/mol. The predicted octanol–water partition coefficient (Wildman–Crippen LogP) is 2.61. The van der Waals surface area contributed by atoms with Gasteiger partial charge in [0.1, 0.15) is 6.61 Å². The first-order valence-electron chi connectivity index (χ1n) is 8.45. The molecule has 5 nitrogen and oxygen atoms in total. The molecule has 23 heavy (non-hydrogen) atoms. The number of ether oxygens (including phenoxy) is 1. The van der Waals surface area contributed by atoms with Crippen LogP contribution in [0.4, 0.5) is 4.79 Å². The van der Waals surface area contributed by atoms with E-state index in [1.807, 2.05) is 30.3 Å². The van der Waals surface area contributed by atoms with E-state index < -0.39 is 18.2 Å². The third-order valence-corrected chi connectivity index (χ3v) is 4.48. The lowest BCUT2D eigenvalue weighted by Crippen LogP contribution is -2.46. The van der Waals surface area contributed by atoms with Gasteiger partial charge in [0, 0.05) is 0 Å². The fourth-order valence-electron chi connectivity index (χ4n) is 3.14. The van der Waals surface area contributed by atoms with Crippen molar-refractivity contribution in [3.05, 3.63) is 35.9 Å². The molecule has 0 saturated heterocycles. The Bertz CT molecular complexity index is 459. The number of carbonyl (C=O) groups is 1. The van der Waals surface area contributed by atoms with Crippen LogP contribution in [-0.2, 0) is 11.3 Å². The number of rotatable bonds is 7. The highest BCUT2D eigenvalue weighted by atomic mass is 16.5. The summed E-state index contributed by atoms with van der Waals surface area (Å²) in [7, 11) is 0. The van der Waals surface area contributed by atoms with E-state index in [4.69, 9.17) is 4.74 Å². The molecular formula is C18H27NO4. The largest absolute Gasteiger partial charge is 0.445 e. The maximum atomic E-state index is 12.0. The molecule has 1 saturated carbocycles. The molecule has 0 radical (unpaired) electrons. The summed E-state index contributed by atoms with van der Waals surface area (Å²) in [5.41, 5.74) is 0.911. The van der Waals surface area contributed by atoms with Gasteiger partial charge in [-0.05, 0) is 17.9 Å². The molecule has 0 bridgehead atoms. The molecule has 1 amide bonds. The SMILES string of the molecule is O=C(N[C@@H](CC1CCCCC1)[C@@H](O)CO)OCc1ccccc1. The van der Waals surface area contributed by atoms with Crippen molar-refractivity contribution in [2.24, 2.45) is 5.92 Å². The van der Waals surface area contributed by atoms with E-state index in [0.717, 1.165) is 18.4 Å². The van der Waals surface area contributed by atoms with E-state index in [-0.39, 0.29) is 13.2 Å². The Hall–Kier alpha value is -1.59. The molecule has 128 valence electrons. The molecule has 0 heterocycles. The Balaban J connectivity index is 1.82. The lowest BCUT2D eigenvalue weighted by molar-refractivity contribution is 0.0477. The molecule has 0 spiro atoms. The molecule has 1 aromatic carbocycles. The fraction of sp³-hybridized carbons (Fsp3) is 0.611. The third kappa shape index (κ3) is 6.20.